The summed E-state index contributed by atoms with van der Waals surface area (Å²) in [4.78, 5) is 10.8. The standard InChI is InChI=1S/C7H6F2N2O2/c1-13-7(12)5-3-2-4(6(8)9)10-11-5/h2-3,6H,1H3. The second kappa shape index (κ2) is 3.88. The van der Waals surface area contributed by atoms with Crippen molar-refractivity contribution >= 4 is 5.97 Å². The first kappa shape index (κ1) is 9.50. The SMILES string of the molecule is COC(=O)c1ccc(C(F)F)nn1. The Morgan fingerprint density at radius 3 is 2.54 bits per heavy atom. The summed E-state index contributed by atoms with van der Waals surface area (Å²) in [6, 6.07) is 2.17. The molecular formula is C7H6F2N2O2. The third-order valence-corrected chi connectivity index (χ3v) is 1.30. The fraction of sp³-hybridized carbons (Fsp3) is 0.286. The number of halogens is 2. The highest BCUT2D eigenvalue weighted by molar-refractivity contribution is 5.86. The van der Waals surface area contributed by atoms with Crippen LogP contribution in [0.4, 0.5) is 8.78 Å². The Kier molecular flexibility index (Phi) is 2.84. The van der Waals surface area contributed by atoms with Crippen LogP contribution in [0.2, 0.25) is 0 Å². The Hall–Kier alpha value is -1.59. The molecule has 13 heavy (non-hydrogen) atoms. The van der Waals surface area contributed by atoms with Crippen molar-refractivity contribution in [2.45, 2.75) is 6.43 Å². The maximum atomic E-state index is 12.0. The van der Waals surface area contributed by atoms with Crippen molar-refractivity contribution in [3.05, 3.63) is 23.5 Å². The van der Waals surface area contributed by atoms with Gasteiger partial charge in [-0.1, -0.05) is 0 Å². The molecule has 0 N–H and O–H groups in total. The summed E-state index contributed by atoms with van der Waals surface area (Å²) in [7, 11) is 1.17. The summed E-state index contributed by atoms with van der Waals surface area (Å²) in [6.45, 7) is 0. The molecular weight excluding hydrogens is 182 g/mol. The number of carbonyl (C=O) groups excluding carboxylic acids is 1. The van der Waals surface area contributed by atoms with Gasteiger partial charge in [0, 0.05) is 0 Å². The predicted octanol–water partition coefficient (Wildman–Crippen LogP) is 1.20. The van der Waals surface area contributed by atoms with Gasteiger partial charge < -0.3 is 4.74 Å². The van der Waals surface area contributed by atoms with Crippen molar-refractivity contribution in [2.24, 2.45) is 0 Å². The third-order valence-electron chi connectivity index (χ3n) is 1.30. The topological polar surface area (TPSA) is 52.1 Å². The van der Waals surface area contributed by atoms with Crippen LogP contribution in [0.25, 0.3) is 0 Å². The number of esters is 1. The van der Waals surface area contributed by atoms with E-state index < -0.39 is 18.1 Å². The molecule has 70 valence electrons. The molecule has 0 fully saturated rings. The Balaban J connectivity index is 2.87. The molecule has 1 heterocycles. The van der Waals surface area contributed by atoms with Crippen LogP contribution in [-0.4, -0.2) is 23.3 Å². The minimum absolute atomic E-state index is 0.0908. The second-order valence-electron chi connectivity index (χ2n) is 2.14. The number of ether oxygens (including phenoxy) is 1. The number of rotatable bonds is 2. The normalized spacial score (nSPS) is 10.2. The van der Waals surface area contributed by atoms with E-state index in [1.165, 1.54) is 7.11 Å². The van der Waals surface area contributed by atoms with E-state index in [-0.39, 0.29) is 5.69 Å². The molecule has 0 bridgehead atoms. The maximum absolute atomic E-state index is 12.0. The molecule has 0 aliphatic heterocycles. The van der Waals surface area contributed by atoms with E-state index in [0.29, 0.717) is 0 Å². The van der Waals surface area contributed by atoms with Crippen molar-refractivity contribution in [3.8, 4) is 0 Å². The van der Waals surface area contributed by atoms with E-state index in [1.807, 2.05) is 0 Å². The van der Waals surface area contributed by atoms with E-state index >= 15 is 0 Å². The second-order valence-corrected chi connectivity index (χ2v) is 2.14. The minimum Gasteiger partial charge on any atom is -0.464 e. The highest BCUT2D eigenvalue weighted by atomic mass is 19.3. The molecule has 1 aromatic rings. The fourth-order valence-corrected chi connectivity index (χ4v) is 0.672. The molecule has 0 aromatic carbocycles. The van der Waals surface area contributed by atoms with Crippen LogP contribution in [-0.2, 0) is 4.74 Å². The lowest BCUT2D eigenvalue weighted by atomic mass is 10.3. The maximum Gasteiger partial charge on any atom is 0.358 e. The molecule has 0 radical (unpaired) electrons. The lowest BCUT2D eigenvalue weighted by Crippen LogP contribution is -2.06. The first-order valence-corrected chi connectivity index (χ1v) is 3.35. The Morgan fingerprint density at radius 1 is 1.46 bits per heavy atom. The molecule has 1 rings (SSSR count). The number of aromatic nitrogens is 2. The first-order chi connectivity index (χ1) is 6.15. The summed E-state index contributed by atoms with van der Waals surface area (Å²) < 4.78 is 28.2. The van der Waals surface area contributed by atoms with Crippen LogP contribution < -0.4 is 0 Å². The van der Waals surface area contributed by atoms with Gasteiger partial charge in [0.25, 0.3) is 6.43 Å². The van der Waals surface area contributed by atoms with E-state index in [9.17, 15) is 13.6 Å². The van der Waals surface area contributed by atoms with Gasteiger partial charge in [0.1, 0.15) is 5.69 Å². The lowest BCUT2D eigenvalue weighted by Gasteiger charge is -1.98. The van der Waals surface area contributed by atoms with Gasteiger partial charge in [-0.25, -0.2) is 13.6 Å². The van der Waals surface area contributed by atoms with Crippen molar-refractivity contribution < 1.29 is 18.3 Å². The van der Waals surface area contributed by atoms with Crippen LogP contribution in [0.1, 0.15) is 22.6 Å². The van der Waals surface area contributed by atoms with Gasteiger partial charge in [0.2, 0.25) is 0 Å². The summed E-state index contributed by atoms with van der Waals surface area (Å²) >= 11 is 0. The summed E-state index contributed by atoms with van der Waals surface area (Å²) in [5.74, 6) is -0.701. The molecule has 0 aliphatic rings. The summed E-state index contributed by atoms with van der Waals surface area (Å²) in [5.41, 5.74) is -0.556. The number of alkyl halides is 2. The molecule has 4 nitrogen and oxygen atoms in total. The van der Waals surface area contributed by atoms with Crippen LogP contribution in [0.5, 0.6) is 0 Å². The van der Waals surface area contributed by atoms with Crippen LogP contribution in [0, 0.1) is 0 Å². The number of hydrogen-bond donors (Lipinski definition) is 0. The zero-order valence-electron chi connectivity index (χ0n) is 6.70. The van der Waals surface area contributed by atoms with Crippen LogP contribution >= 0.6 is 0 Å². The molecule has 0 saturated heterocycles. The highest BCUT2D eigenvalue weighted by Crippen LogP contribution is 2.14. The largest absolute Gasteiger partial charge is 0.464 e. The van der Waals surface area contributed by atoms with E-state index in [0.717, 1.165) is 12.1 Å². The number of hydrogen-bond acceptors (Lipinski definition) is 4. The number of carbonyl (C=O) groups is 1. The Morgan fingerprint density at radius 2 is 2.15 bits per heavy atom. The van der Waals surface area contributed by atoms with Gasteiger partial charge >= 0.3 is 5.97 Å². The zero-order chi connectivity index (χ0) is 9.84. The predicted molar refractivity (Wildman–Crippen MR) is 38.3 cm³/mol. The van der Waals surface area contributed by atoms with Crippen LogP contribution in [0.15, 0.2) is 12.1 Å². The molecule has 0 unspecified atom stereocenters. The monoisotopic (exact) mass is 188 g/mol. The first-order valence-electron chi connectivity index (χ1n) is 3.35. The van der Waals surface area contributed by atoms with Crippen molar-refractivity contribution in [1.82, 2.24) is 10.2 Å². The van der Waals surface area contributed by atoms with Crippen LogP contribution in [0.3, 0.4) is 0 Å². The van der Waals surface area contributed by atoms with E-state index in [4.69, 9.17) is 0 Å². The van der Waals surface area contributed by atoms with E-state index in [1.54, 1.807) is 0 Å². The lowest BCUT2D eigenvalue weighted by molar-refractivity contribution is 0.0591. The number of nitrogens with zero attached hydrogens (tertiary/aromatic N) is 2. The Bertz CT molecular complexity index is 300. The van der Waals surface area contributed by atoms with Crippen molar-refractivity contribution in [2.75, 3.05) is 7.11 Å². The van der Waals surface area contributed by atoms with Gasteiger partial charge in [-0.15, -0.1) is 10.2 Å². The summed E-state index contributed by atoms with van der Waals surface area (Å²) in [6.07, 6.45) is -2.68. The van der Waals surface area contributed by atoms with Gasteiger partial charge in [-0.05, 0) is 12.1 Å². The van der Waals surface area contributed by atoms with Gasteiger partial charge in [0.05, 0.1) is 7.11 Å². The molecule has 1 aromatic heterocycles. The average molecular weight is 188 g/mol. The smallest absolute Gasteiger partial charge is 0.358 e. The van der Waals surface area contributed by atoms with E-state index in [2.05, 4.69) is 14.9 Å². The quantitative estimate of drug-likeness (QED) is 0.654. The van der Waals surface area contributed by atoms with Gasteiger partial charge in [0.15, 0.2) is 5.69 Å². The zero-order valence-corrected chi connectivity index (χ0v) is 6.70. The van der Waals surface area contributed by atoms with Crippen molar-refractivity contribution in [3.63, 3.8) is 0 Å². The molecule has 0 spiro atoms. The molecule has 0 saturated carbocycles. The van der Waals surface area contributed by atoms with Gasteiger partial charge in [-0.2, -0.15) is 0 Å². The summed E-state index contributed by atoms with van der Waals surface area (Å²) in [5, 5.41) is 6.41. The molecule has 6 heteroatoms. The van der Waals surface area contributed by atoms with Crippen molar-refractivity contribution in [1.29, 1.82) is 0 Å². The molecule has 0 aliphatic carbocycles. The fourth-order valence-electron chi connectivity index (χ4n) is 0.672. The molecule has 0 amide bonds. The minimum atomic E-state index is -2.68. The third kappa shape index (κ3) is 2.17. The molecule has 0 atom stereocenters. The highest BCUT2D eigenvalue weighted by Gasteiger charge is 2.12. The Labute approximate surface area is 72.5 Å². The van der Waals surface area contributed by atoms with Gasteiger partial charge in [-0.3, -0.25) is 0 Å². The average Bonchev–Trinajstić information content (AvgIpc) is 2.17. The number of methoxy groups -OCH3 is 1.